The van der Waals surface area contributed by atoms with E-state index in [1.807, 2.05) is 0 Å². The Kier molecular flexibility index (Phi) is 4.51. The first-order chi connectivity index (χ1) is 13.1. The Morgan fingerprint density at radius 2 is 0.778 bits per heavy atom. The van der Waals surface area contributed by atoms with Crippen molar-refractivity contribution in [3.05, 3.63) is 89.5 Å². The first kappa shape index (κ1) is 17.1. The first-order valence-corrected chi connectivity index (χ1v) is 9.06. The van der Waals surface area contributed by atoms with Crippen LogP contribution in [-0.2, 0) is 0 Å². The summed E-state index contributed by atoms with van der Waals surface area (Å²) in [5.74, 6) is 0. The summed E-state index contributed by atoms with van der Waals surface area (Å²) >= 11 is 0. The molecule has 27 heavy (non-hydrogen) atoms. The number of rotatable bonds is 3. The summed E-state index contributed by atoms with van der Waals surface area (Å²) < 4.78 is 0. The average Bonchev–Trinajstić information content (AvgIpc) is 2.69. The molecule has 3 heteroatoms. The van der Waals surface area contributed by atoms with Crippen LogP contribution in [0.1, 0.15) is 16.7 Å². The summed E-state index contributed by atoms with van der Waals surface area (Å²) in [6.07, 6.45) is 0. The van der Waals surface area contributed by atoms with E-state index < -0.39 is 0 Å². The molecule has 0 radical (unpaired) electrons. The van der Waals surface area contributed by atoms with Gasteiger partial charge in [0, 0.05) is 16.7 Å². The number of hydrogen-bond acceptors (Lipinski definition) is 3. The molecule has 4 rings (SSSR count). The topological polar surface area (TPSA) is 38.7 Å². The molecule has 132 valence electrons. The van der Waals surface area contributed by atoms with E-state index in [2.05, 4.69) is 109 Å². The van der Waals surface area contributed by atoms with Crippen LogP contribution in [0.15, 0.2) is 72.8 Å². The summed E-state index contributed by atoms with van der Waals surface area (Å²) in [7, 11) is 0. The normalized spacial score (nSPS) is 10.8. The molecular weight excluding hydrogens is 330 g/mol. The maximum atomic E-state index is 4.42. The predicted octanol–water partition coefficient (Wildman–Crippen LogP) is 5.80. The Bertz CT molecular complexity index is 1000. The van der Waals surface area contributed by atoms with Gasteiger partial charge in [0.05, 0.1) is 0 Å². The molecule has 0 unspecified atom stereocenters. The molecule has 1 heterocycles. The fraction of sp³-hybridized carbons (Fsp3) is 0.125. The Morgan fingerprint density at radius 1 is 0.444 bits per heavy atom. The first-order valence-electron chi connectivity index (χ1n) is 9.06. The van der Waals surface area contributed by atoms with Gasteiger partial charge >= 0.3 is 0 Å². The maximum Gasteiger partial charge on any atom is 0.105 e. The van der Waals surface area contributed by atoms with Crippen LogP contribution < -0.4 is 0 Å². The molecule has 0 fully saturated rings. The largest absolute Gasteiger partial charge is 0.129 e. The van der Waals surface area contributed by atoms with Crippen LogP contribution in [0.2, 0.25) is 0 Å². The number of hydrogen-bond donors (Lipinski definition) is 0. The minimum atomic E-state index is 0.851. The van der Waals surface area contributed by atoms with Crippen molar-refractivity contribution < 1.29 is 0 Å². The lowest BCUT2D eigenvalue weighted by Crippen LogP contribution is -2.00. The molecule has 1 aromatic heterocycles. The molecule has 3 aromatic carbocycles. The van der Waals surface area contributed by atoms with Gasteiger partial charge in [-0.25, -0.2) is 0 Å². The Labute approximate surface area is 159 Å². The van der Waals surface area contributed by atoms with E-state index in [4.69, 9.17) is 0 Å². The molecule has 0 aliphatic rings. The predicted molar refractivity (Wildman–Crippen MR) is 110 cm³/mol. The second-order valence-corrected chi connectivity index (χ2v) is 6.96. The van der Waals surface area contributed by atoms with Crippen molar-refractivity contribution in [2.75, 3.05) is 0 Å². The van der Waals surface area contributed by atoms with Gasteiger partial charge in [0.15, 0.2) is 0 Å². The molecule has 0 bridgehead atoms. The molecular formula is C24H21N3. The van der Waals surface area contributed by atoms with Gasteiger partial charge in [-0.1, -0.05) is 89.5 Å². The highest BCUT2D eigenvalue weighted by Gasteiger charge is 2.17. The summed E-state index contributed by atoms with van der Waals surface area (Å²) in [5, 5.41) is 12.9. The van der Waals surface area contributed by atoms with Gasteiger partial charge in [-0.15, -0.1) is 10.2 Å². The van der Waals surface area contributed by atoms with Crippen molar-refractivity contribution in [3.63, 3.8) is 0 Å². The summed E-state index contributed by atoms with van der Waals surface area (Å²) in [6, 6.07) is 25.3. The fourth-order valence-corrected chi connectivity index (χ4v) is 3.14. The average molecular weight is 351 g/mol. The molecule has 3 nitrogen and oxygen atoms in total. The van der Waals surface area contributed by atoms with Crippen LogP contribution in [-0.4, -0.2) is 15.4 Å². The molecule has 0 saturated carbocycles. The van der Waals surface area contributed by atoms with Gasteiger partial charge < -0.3 is 0 Å². The molecule has 0 atom stereocenters. The number of aryl methyl sites for hydroxylation is 3. The van der Waals surface area contributed by atoms with Gasteiger partial charge in [0.2, 0.25) is 0 Å². The van der Waals surface area contributed by atoms with E-state index in [1.165, 1.54) is 16.7 Å². The van der Waals surface area contributed by atoms with Crippen molar-refractivity contribution >= 4 is 0 Å². The molecule has 0 aliphatic carbocycles. The zero-order valence-electron chi connectivity index (χ0n) is 15.8. The molecule has 0 saturated heterocycles. The van der Waals surface area contributed by atoms with Crippen LogP contribution in [0.25, 0.3) is 33.6 Å². The van der Waals surface area contributed by atoms with Crippen LogP contribution in [0, 0.1) is 20.8 Å². The van der Waals surface area contributed by atoms with E-state index in [-0.39, 0.29) is 0 Å². The lowest BCUT2D eigenvalue weighted by molar-refractivity contribution is 0.878. The van der Waals surface area contributed by atoms with Crippen LogP contribution >= 0.6 is 0 Å². The van der Waals surface area contributed by atoms with E-state index in [0.29, 0.717) is 0 Å². The Hall–Kier alpha value is -3.33. The smallest absolute Gasteiger partial charge is 0.105 e. The van der Waals surface area contributed by atoms with Crippen molar-refractivity contribution in [1.82, 2.24) is 15.4 Å². The third-order valence-corrected chi connectivity index (χ3v) is 4.75. The second-order valence-electron chi connectivity index (χ2n) is 6.96. The molecule has 4 aromatic rings. The standard InChI is InChI=1S/C24H21N3/c1-16-4-10-19(11-5-16)22-23(20-12-6-17(2)7-13-20)25-27-26-24(22)21-14-8-18(3)9-15-21/h4-15H,1-3H3. The lowest BCUT2D eigenvalue weighted by Gasteiger charge is -2.13. The third kappa shape index (κ3) is 3.49. The maximum absolute atomic E-state index is 4.42. The lowest BCUT2D eigenvalue weighted by atomic mass is 9.94. The molecule has 0 N–H and O–H groups in total. The quantitative estimate of drug-likeness (QED) is 0.468. The highest BCUT2D eigenvalue weighted by Crippen LogP contribution is 2.37. The number of benzene rings is 3. The van der Waals surface area contributed by atoms with Gasteiger partial charge in [-0.3, -0.25) is 0 Å². The summed E-state index contributed by atoms with van der Waals surface area (Å²) in [4.78, 5) is 0. The number of nitrogens with zero attached hydrogens (tertiary/aromatic N) is 3. The summed E-state index contributed by atoms with van der Waals surface area (Å²) in [6.45, 7) is 6.26. The highest BCUT2D eigenvalue weighted by molar-refractivity contribution is 5.90. The van der Waals surface area contributed by atoms with E-state index in [1.54, 1.807) is 0 Å². The minimum Gasteiger partial charge on any atom is -0.129 e. The Balaban J connectivity index is 1.99. The van der Waals surface area contributed by atoms with Crippen LogP contribution in [0.4, 0.5) is 0 Å². The zero-order chi connectivity index (χ0) is 18.8. The van der Waals surface area contributed by atoms with E-state index in [0.717, 1.165) is 33.6 Å². The van der Waals surface area contributed by atoms with Crippen molar-refractivity contribution in [2.24, 2.45) is 0 Å². The molecule has 0 aliphatic heterocycles. The van der Waals surface area contributed by atoms with Crippen molar-refractivity contribution in [1.29, 1.82) is 0 Å². The van der Waals surface area contributed by atoms with Crippen LogP contribution in [0.3, 0.4) is 0 Å². The van der Waals surface area contributed by atoms with Crippen LogP contribution in [0.5, 0.6) is 0 Å². The third-order valence-electron chi connectivity index (χ3n) is 4.75. The Morgan fingerprint density at radius 3 is 1.15 bits per heavy atom. The van der Waals surface area contributed by atoms with Crippen molar-refractivity contribution in [2.45, 2.75) is 20.8 Å². The highest BCUT2D eigenvalue weighted by atomic mass is 15.3. The van der Waals surface area contributed by atoms with E-state index in [9.17, 15) is 0 Å². The number of aromatic nitrogens is 3. The van der Waals surface area contributed by atoms with Gasteiger partial charge in [-0.05, 0) is 31.5 Å². The fourth-order valence-electron chi connectivity index (χ4n) is 3.14. The summed E-state index contributed by atoms with van der Waals surface area (Å²) in [5.41, 5.74) is 9.55. The van der Waals surface area contributed by atoms with Gasteiger partial charge in [-0.2, -0.15) is 0 Å². The SMILES string of the molecule is Cc1ccc(-c2nnnc(-c3ccc(C)cc3)c2-c2ccc(C)cc2)cc1. The second kappa shape index (κ2) is 7.12. The van der Waals surface area contributed by atoms with Gasteiger partial charge in [0.25, 0.3) is 0 Å². The minimum absolute atomic E-state index is 0.851. The van der Waals surface area contributed by atoms with E-state index >= 15 is 0 Å². The van der Waals surface area contributed by atoms with Gasteiger partial charge in [0.1, 0.15) is 11.4 Å². The molecule has 0 amide bonds. The zero-order valence-corrected chi connectivity index (χ0v) is 15.8. The molecule has 0 spiro atoms. The van der Waals surface area contributed by atoms with Crippen molar-refractivity contribution in [3.8, 4) is 33.6 Å². The monoisotopic (exact) mass is 351 g/mol.